The number of amides is 1. The van der Waals surface area contributed by atoms with E-state index in [-0.39, 0.29) is 0 Å². The molecule has 0 aliphatic rings. The second kappa shape index (κ2) is 5.40. The van der Waals surface area contributed by atoms with Gasteiger partial charge in [0, 0.05) is 13.1 Å². The van der Waals surface area contributed by atoms with E-state index in [0.717, 1.165) is 12.1 Å². The quantitative estimate of drug-likeness (QED) is 0.706. The molecule has 0 aromatic heterocycles. The number of benzene rings is 1. The van der Waals surface area contributed by atoms with Gasteiger partial charge in [0.05, 0.1) is 0 Å². The lowest BCUT2D eigenvalue weighted by Crippen LogP contribution is -2.11. The summed E-state index contributed by atoms with van der Waals surface area (Å²) in [7, 11) is 4.09. The average Bonchev–Trinajstić information content (AvgIpc) is 2.16. The molecule has 0 saturated heterocycles. The first kappa shape index (κ1) is 10.7. The molecule has 1 aromatic rings. The summed E-state index contributed by atoms with van der Waals surface area (Å²) in [5.74, 6) is 0. The molecule has 1 amide bonds. The van der Waals surface area contributed by atoms with Crippen LogP contribution in [0.1, 0.15) is 11.1 Å². The van der Waals surface area contributed by atoms with Crippen molar-refractivity contribution in [2.45, 2.75) is 13.1 Å². The van der Waals surface area contributed by atoms with Gasteiger partial charge in [0.1, 0.15) is 0 Å². The van der Waals surface area contributed by atoms with Crippen LogP contribution in [0.5, 0.6) is 0 Å². The smallest absolute Gasteiger partial charge is 0.207 e. The Labute approximate surface area is 84.7 Å². The van der Waals surface area contributed by atoms with Crippen molar-refractivity contribution in [2.75, 3.05) is 14.1 Å². The van der Waals surface area contributed by atoms with Gasteiger partial charge in [-0.3, -0.25) is 4.79 Å². The van der Waals surface area contributed by atoms with Crippen molar-refractivity contribution in [3.63, 3.8) is 0 Å². The summed E-state index contributed by atoms with van der Waals surface area (Å²) < 4.78 is 0. The molecule has 1 aromatic carbocycles. The Bertz CT molecular complexity index is 280. The van der Waals surface area contributed by atoms with Gasteiger partial charge in [0.25, 0.3) is 0 Å². The molecule has 3 heteroatoms. The number of carbonyl (C=O) groups is 1. The van der Waals surface area contributed by atoms with Crippen molar-refractivity contribution in [2.24, 2.45) is 0 Å². The fourth-order valence-electron chi connectivity index (χ4n) is 1.29. The third kappa shape index (κ3) is 3.58. The standard InChI is InChI=1S/C11H16N2O/c1-13(2)8-11-5-3-10(4-6-11)7-12-9-14/h3-6,9H,7-8H2,1-2H3,(H,12,14). The molecular formula is C11H16N2O. The molecule has 0 fully saturated rings. The van der Waals surface area contributed by atoms with Crippen LogP contribution in [0, 0.1) is 0 Å². The SMILES string of the molecule is CN(C)Cc1ccc(CNC=O)cc1. The zero-order valence-electron chi connectivity index (χ0n) is 8.66. The van der Waals surface area contributed by atoms with Crippen LogP contribution in [0.25, 0.3) is 0 Å². The molecular weight excluding hydrogens is 176 g/mol. The summed E-state index contributed by atoms with van der Waals surface area (Å²) in [5, 5.41) is 2.63. The van der Waals surface area contributed by atoms with Gasteiger partial charge < -0.3 is 10.2 Å². The van der Waals surface area contributed by atoms with Gasteiger partial charge in [-0.2, -0.15) is 0 Å². The minimum atomic E-state index is 0.603. The van der Waals surface area contributed by atoms with Crippen molar-refractivity contribution >= 4 is 6.41 Å². The van der Waals surface area contributed by atoms with E-state index in [9.17, 15) is 4.79 Å². The van der Waals surface area contributed by atoms with Crippen LogP contribution in [0.2, 0.25) is 0 Å². The van der Waals surface area contributed by atoms with Crippen molar-refractivity contribution in [3.8, 4) is 0 Å². The van der Waals surface area contributed by atoms with E-state index in [1.807, 2.05) is 26.2 Å². The van der Waals surface area contributed by atoms with Crippen LogP contribution in [0.15, 0.2) is 24.3 Å². The molecule has 1 N–H and O–H groups in total. The molecule has 0 saturated carbocycles. The monoisotopic (exact) mass is 192 g/mol. The van der Waals surface area contributed by atoms with E-state index in [2.05, 4.69) is 22.3 Å². The Balaban J connectivity index is 2.54. The van der Waals surface area contributed by atoms with E-state index in [4.69, 9.17) is 0 Å². The Kier molecular flexibility index (Phi) is 4.13. The number of hydrogen-bond acceptors (Lipinski definition) is 2. The van der Waals surface area contributed by atoms with Gasteiger partial charge >= 0.3 is 0 Å². The predicted molar refractivity (Wildman–Crippen MR) is 56.7 cm³/mol. The first-order valence-electron chi connectivity index (χ1n) is 4.62. The largest absolute Gasteiger partial charge is 0.355 e. The first-order valence-corrected chi connectivity index (χ1v) is 4.62. The normalized spacial score (nSPS) is 10.2. The zero-order valence-corrected chi connectivity index (χ0v) is 8.66. The Morgan fingerprint density at radius 1 is 1.21 bits per heavy atom. The summed E-state index contributed by atoms with van der Waals surface area (Å²) in [6.45, 7) is 1.55. The van der Waals surface area contributed by atoms with E-state index < -0.39 is 0 Å². The summed E-state index contributed by atoms with van der Waals surface area (Å²) in [6, 6.07) is 8.24. The van der Waals surface area contributed by atoms with Gasteiger partial charge in [0.15, 0.2) is 0 Å². The zero-order chi connectivity index (χ0) is 10.4. The van der Waals surface area contributed by atoms with E-state index >= 15 is 0 Å². The molecule has 76 valence electrons. The molecule has 1 rings (SSSR count). The maximum Gasteiger partial charge on any atom is 0.207 e. The second-order valence-electron chi connectivity index (χ2n) is 3.55. The fraction of sp³-hybridized carbons (Fsp3) is 0.364. The van der Waals surface area contributed by atoms with Gasteiger partial charge in [-0.15, -0.1) is 0 Å². The number of hydrogen-bond donors (Lipinski definition) is 1. The van der Waals surface area contributed by atoms with E-state index in [1.165, 1.54) is 5.56 Å². The predicted octanol–water partition coefficient (Wildman–Crippen LogP) is 0.994. The highest BCUT2D eigenvalue weighted by Crippen LogP contribution is 2.05. The van der Waals surface area contributed by atoms with Crippen LogP contribution >= 0.6 is 0 Å². The van der Waals surface area contributed by atoms with Crippen LogP contribution in [0.3, 0.4) is 0 Å². The molecule has 14 heavy (non-hydrogen) atoms. The number of carbonyl (C=O) groups excluding carboxylic acids is 1. The number of nitrogens with one attached hydrogen (secondary N) is 1. The Morgan fingerprint density at radius 2 is 1.79 bits per heavy atom. The summed E-state index contributed by atoms with van der Waals surface area (Å²) in [4.78, 5) is 12.2. The lowest BCUT2D eigenvalue weighted by molar-refractivity contribution is -0.109. The molecule has 0 spiro atoms. The Morgan fingerprint density at radius 3 is 2.29 bits per heavy atom. The topological polar surface area (TPSA) is 32.3 Å². The van der Waals surface area contributed by atoms with Crippen LogP contribution in [-0.4, -0.2) is 25.4 Å². The third-order valence-corrected chi connectivity index (χ3v) is 1.91. The molecule has 0 heterocycles. The summed E-state index contributed by atoms with van der Waals surface area (Å²) in [6.07, 6.45) is 0.716. The molecule has 0 atom stereocenters. The van der Waals surface area contributed by atoms with Crippen LogP contribution in [-0.2, 0) is 17.9 Å². The molecule has 0 radical (unpaired) electrons. The fourth-order valence-corrected chi connectivity index (χ4v) is 1.29. The highest BCUT2D eigenvalue weighted by atomic mass is 16.1. The minimum absolute atomic E-state index is 0.603. The van der Waals surface area contributed by atoms with Gasteiger partial charge in [-0.25, -0.2) is 0 Å². The molecule has 0 unspecified atom stereocenters. The van der Waals surface area contributed by atoms with Crippen LogP contribution in [0.4, 0.5) is 0 Å². The van der Waals surface area contributed by atoms with Crippen molar-refractivity contribution in [3.05, 3.63) is 35.4 Å². The maximum absolute atomic E-state index is 10.1. The van der Waals surface area contributed by atoms with Crippen molar-refractivity contribution in [1.29, 1.82) is 0 Å². The van der Waals surface area contributed by atoms with E-state index in [0.29, 0.717) is 13.0 Å². The Hall–Kier alpha value is -1.35. The molecule has 0 bridgehead atoms. The lowest BCUT2D eigenvalue weighted by Gasteiger charge is -2.09. The van der Waals surface area contributed by atoms with Gasteiger partial charge in [-0.05, 0) is 25.2 Å². The summed E-state index contributed by atoms with van der Waals surface area (Å²) >= 11 is 0. The van der Waals surface area contributed by atoms with E-state index in [1.54, 1.807) is 0 Å². The molecule has 0 aliphatic carbocycles. The molecule has 0 aliphatic heterocycles. The third-order valence-electron chi connectivity index (χ3n) is 1.91. The average molecular weight is 192 g/mol. The van der Waals surface area contributed by atoms with Crippen molar-refractivity contribution in [1.82, 2.24) is 10.2 Å². The van der Waals surface area contributed by atoms with Gasteiger partial charge in [-0.1, -0.05) is 24.3 Å². The minimum Gasteiger partial charge on any atom is -0.355 e. The van der Waals surface area contributed by atoms with Crippen molar-refractivity contribution < 1.29 is 4.79 Å². The number of rotatable bonds is 5. The summed E-state index contributed by atoms with van der Waals surface area (Å²) in [5.41, 5.74) is 2.41. The molecule has 3 nitrogen and oxygen atoms in total. The maximum atomic E-state index is 10.1. The highest BCUT2D eigenvalue weighted by molar-refractivity contribution is 5.46. The second-order valence-corrected chi connectivity index (χ2v) is 3.55. The van der Waals surface area contributed by atoms with Gasteiger partial charge in [0.2, 0.25) is 6.41 Å². The first-order chi connectivity index (χ1) is 6.72. The van der Waals surface area contributed by atoms with Crippen LogP contribution < -0.4 is 5.32 Å². The number of nitrogens with zero attached hydrogens (tertiary/aromatic N) is 1. The highest BCUT2D eigenvalue weighted by Gasteiger charge is 1.95. The lowest BCUT2D eigenvalue weighted by atomic mass is 10.1.